The minimum absolute atomic E-state index is 0.714. The number of thiophene rings is 1. The van der Waals surface area contributed by atoms with Crippen LogP contribution in [0.1, 0.15) is 22.3 Å². The van der Waals surface area contributed by atoms with Crippen molar-refractivity contribution in [3.8, 4) is 10.4 Å². The first kappa shape index (κ1) is 15.4. The van der Waals surface area contributed by atoms with Crippen LogP contribution in [-0.2, 0) is 4.79 Å². The van der Waals surface area contributed by atoms with Crippen molar-refractivity contribution in [1.29, 1.82) is 0 Å². The van der Waals surface area contributed by atoms with Crippen LogP contribution < -0.4 is 0 Å². The van der Waals surface area contributed by atoms with Crippen LogP contribution in [0.15, 0.2) is 60.0 Å². The first-order valence-corrected chi connectivity index (χ1v) is 8.45. The average molecular weight is 318 g/mol. The minimum atomic E-state index is 0.714. The maximum Gasteiger partial charge on any atom is 0.150 e. The van der Waals surface area contributed by atoms with Crippen molar-refractivity contribution in [2.24, 2.45) is 0 Å². The van der Waals surface area contributed by atoms with Crippen molar-refractivity contribution in [1.82, 2.24) is 0 Å². The molecule has 0 atom stereocenters. The number of carbonyl (C=O) groups is 1. The molecule has 0 N–H and O–H groups in total. The number of allylic oxidation sites excluding steroid dienone is 1. The molecule has 114 valence electrons. The van der Waals surface area contributed by atoms with Crippen LogP contribution >= 0.6 is 11.3 Å². The topological polar surface area (TPSA) is 17.1 Å². The Hall–Kier alpha value is -2.45. The molecule has 0 spiro atoms. The molecule has 2 heteroatoms. The summed E-state index contributed by atoms with van der Waals surface area (Å²) in [6.07, 6.45) is 2.96. The lowest BCUT2D eigenvalue weighted by atomic mass is 9.95. The second-order valence-corrected chi connectivity index (χ2v) is 6.49. The number of aryl methyl sites for hydroxylation is 2. The van der Waals surface area contributed by atoms with Gasteiger partial charge in [-0.25, -0.2) is 0 Å². The van der Waals surface area contributed by atoms with E-state index in [9.17, 15) is 4.79 Å². The molecule has 23 heavy (non-hydrogen) atoms. The Bertz CT molecular complexity index is 837. The molecule has 0 unspecified atom stereocenters. The lowest BCUT2D eigenvalue weighted by Gasteiger charge is -2.10. The third-order valence-electron chi connectivity index (χ3n) is 3.99. The summed E-state index contributed by atoms with van der Waals surface area (Å²) in [6, 6.07) is 18.4. The van der Waals surface area contributed by atoms with Crippen LogP contribution in [-0.4, -0.2) is 6.29 Å². The van der Waals surface area contributed by atoms with E-state index < -0.39 is 0 Å². The first-order valence-electron chi connectivity index (χ1n) is 7.57. The van der Waals surface area contributed by atoms with Gasteiger partial charge >= 0.3 is 0 Å². The average Bonchev–Trinajstić information content (AvgIpc) is 3.09. The van der Waals surface area contributed by atoms with Gasteiger partial charge in [0.15, 0.2) is 6.29 Å². The van der Waals surface area contributed by atoms with E-state index in [1.54, 1.807) is 11.3 Å². The Kier molecular flexibility index (Phi) is 4.54. The number of hydrogen-bond acceptors (Lipinski definition) is 2. The highest BCUT2D eigenvalue weighted by Gasteiger charge is 2.10. The van der Waals surface area contributed by atoms with Gasteiger partial charge in [0, 0.05) is 10.5 Å². The van der Waals surface area contributed by atoms with Crippen molar-refractivity contribution < 1.29 is 4.79 Å². The summed E-state index contributed by atoms with van der Waals surface area (Å²) in [5.41, 5.74) is 6.28. The van der Waals surface area contributed by atoms with E-state index in [4.69, 9.17) is 0 Å². The fourth-order valence-electron chi connectivity index (χ4n) is 2.77. The van der Waals surface area contributed by atoms with Gasteiger partial charge in [-0.15, -0.1) is 11.3 Å². The lowest BCUT2D eigenvalue weighted by molar-refractivity contribution is -0.103. The molecule has 2 aromatic carbocycles. The third-order valence-corrected chi connectivity index (χ3v) is 4.90. The maximum atomic E-state index is 11.8. The Morgan fingerprint density at radius 1 is 0.913 bits per heavy atom. The summed E-state index contributed by atoms with van der Waals surface area (Å²) in [4.78, 5) is 13.0. The van der Waals surface area contributed by atoms with Gasteiger partial charge in [-0.3, -0.25) is 4.79 Å². The van der Waals surface area contributed by atoms with Crippen molar-refractivity contribution in [3.05, 3.63) is 82.2 Å². The van der Waals surface area contributed by atoms with Crippen LogP contribution in [0.3, 0.4) is 0 Å². The van der Waals surface area contributed by atoms with Crippen LogP contribution in [0.25, 0.3) is 22.1 Å². The van der Waals surface area contributed by atoms with Gasteiger partial charge in [0.25, 0.3) is 0 Å². The highest BCUT2D eigenvalue weighted by atomic mass is 32.1. The van der Waals surface area contributed by atoms with E-state index in [2.05, 4.69) is 43.5 Å². The lowest BCUT2D eigenvalue weighted by Crippen LogP contribution is -1.92. The van der Waals surface area contributed by atoms with Crippen LogP contribution in [0.2, 0.25) is 0 Å². The van der Waals surface area contributed by atoms with Gasteiger partial charge in [-0.05, 0) is 59.2 Å². The fourth-order valence-corrected chi connectivity index (χ4v) is 3.53. The quantitative estimate of drug-likeness (QED) is 0.339. The second kappa shape index (κ2) is 6.76. The van der Waals surface area contributed by atoms with Crippen molar-refractivity contribution >= 4 is 29.3 Å². The van der Waals surface area contributed by atoms with Gasteiger partial charge in [0.1, 0.15) is 0 Å². The Balaban J connectivity index is 2.17. The van der Waals surface area contributed by atoms with Gasteiger partial charge in [-0.2, -0.15) is 0 Å². The Morgan fingerprint density at radius 2 is 1.65 bits per heavy atom. The SMILES string of the molecule is Cc1cccc(C)c1/C=C(\C=O)c1ccccc1-c1cccs1. The standard InChI is InChI=1S/C21H18OS/c1-15-7-5-8-16(2)20(15)13-17(14-22)18-9-3-4-10-19(18)21-11-6-12-23-21/h3-14H,1-2H3/b17-13+. The molecule has 0 bridgehead atoms. The molecular weight excluding hydrogens is 300 g/mol. The predicted molar refractivity (Wildman–Crippen MR) is 99.6 cm³/mol. The molecule has 0 aliphatic heterocycles. The summed E-state index contributed by atoms with van der Waals surface area (Å²) in [5, 5.41) is 2.06. The van der Waals surface area contributed by atoms with E-state index >= 15 is 0 Å². The fraction of sp³-hybridized carbons (Fsp3) is 0.0952. The summed E-state index contributed by atoms with van der Waals surface area (Å²) in [7, 11) is 0. The van der Waals surface area contributed by atoms with Crippen LogP contribution in [0.4, 0.5) is 0 Å². The Labute approximate surface area is 140 Å². The highest BCUT2D eigenvalue weighted by molar-refractivity contribution is 7.13. The number of rotatable bonds is 4. The molecule has 3 aromatic rings. The van der Waals surface area contributed by atoms with Gasteiger partial charge in [0.05, 0.1) is 0 Å². The summed E-state index contributed by atoms with van der Waals surface area (Å²) < 4.78 is 0. The molecule has 0 aliphatic rings. The van der Waals surface area contributed by atoms with E-state index in [1.807, 2.05) is 36.4 Å². The molecule has 0 amide bonds. The summed E-state index contributed by atoms with van der Waals surface area (Å²) >= 11 is 1.69. The molecule has 0 saturated heterocycles. The van der Waals surface area contributed by atoms with Gasteiger partial charge in [0.2, 0.25) is 0 Å². The molecule has 1 aromatic heterocycles. The molecule has 0 fully saturated rings. The highest BCUT2D eigenvalue weighted by Crippen LogP contribution is 2.32. The monoisotopic (exact) mass is 318 g/mol. The zero-order chi connectivity index (χ0) is 16.2. The molecule has 1 nitrogen and oxygen atoms in total. The smallest absolute Gasteiger partial charge is 0.150 e. The van der Waals surface area contributed by atoms with Crippen LogP contribution in [0, 0.1) is 13.8 Å². The molecule has 0 aliphatic carbocycles. The van der Waals surface area contributed by atoms with Gasteiger partial charge < -0.3 is 0 Å². The van der Waals surface area contributed by atoms with E-state index in [1.165, 1.54) is 16.0 Å². The predicted octanol–water partition coefficient (Wildman–Crippen LogP) is 5.77. The van der Waals surface area contributed by atoms with E-state index in [0.29, 0.717) is 5.57 Å². The van der Waals surface area contributed by atoms with Crippen molar-refractivity contribution in [3.63, 3.8) is 0 Å². The molecule has 0 saturated carbocycles. The van der Waals surface area contributed by atoms with Crippen molar-refractivity contribution in [2.75, 3.05) is 0 Å². The first-order chi connectivity index (χ1) is 11.2. The number of benzene rings is 2. The van der Waals surface area contributed by atoms with Crippen LogP contribution in [0.5, 0.6) is 0 Å². The normalized spacial score (nSPS) is 11.5. The molecule has 1 heterocycles. The summed E-state index contributed by atoms with van der Waals surface area (Å²) in [6.45, 7) is 4.15. The largest absolute Gasteiger partial charge is 0.298 e. The zero-order valence-corrected chi connectivity index (χ0v) is 14.1. The third kappa shape index (κ3) is 3.17. The maximum absolute atomic E-state index is 11.8. The van der Waals surface area contributed by atoms with E-state index in [0.717, 1.165) is 23.0 Å². The number of carbonyl (C=O) groups excluding carboxylic acids is 1. The van der Waals surface area contributed by atoms with E-state index in [-0.39, 0.29) is 0 Å². The molecule has 3 rings (SSSR count). The number of hydrogen-bond donors (Lipinski definition) is 0. The Morgan fingerprint density at radius 3 is 2.30 bits per heavy atom. The van der Waals surface area contributed by atoms with Gasteiger partial charge in [-0.1, -0.05) is 48.5 Å². The number of aldehydes is 1. The zero-order valence-electron chi connectivity index (χ0n) is 13.2. The molecular formula is C21H18OS. The molecule has 0 radical (unpaired) electrons. The summed E-state index contributed by atoms with van der Waals surface area (Å²) in [5.74, 6) is 0. The van der Waals surface area contributed by atoms with Crippen molar-refractivity contribution in [2.45, 2.75) is 13.8 Å². The minimum Gasteiger partial charge on any atom is -0.298 e. The second-order valence-electron chi connectivity index (χ2n) is 5.55.